The van der Waals surface area contributed by atoms with Crippen LogP contribution in [-0.4, -0.2) is 62.0 Å². The second-order valence-electron chi connectivity index (χ2n) is 24.1. The van der Waals surface area contributed by atoms with Crippen LogP contribution in [0.15, 0.2) is 246 Å². The molecule has 4 aliphatic rings. The van der Waals surface area contributed by atoms with E-state index in [9.17, 15) is 79.7 Å². The average Bonchev–Trinajstić information content (AvgIpc) is 0.748. The Morgan fingerprint density at radius 1 is 0.360 bits per heavy atom. The van der Waals surface area contributed by atoms with Gasteiger partial charge < -0.3 is 64.8 Å². The second-order valence-corrected chi connectivity index (χ2v) is 29.5. The number of carboxylic acids is 1. The predicted octanol–water partition coefficient (Wildman–Crippen LogP) is 17.4. The first-order chi connectivity index (χ1) is 53.0. The summed E-state index contributed by atoms with van der Waals surface area (Å²) in [7, 11) is 5.68. The van der Waals surface area contributed by atoms with Gasteiger partial charge in [0.2, 0.25) is 17.7 Å². The number of halogens is 6. The Hall–Kier alpha value is -12.4. The molecule has 32 heteroatoms. The highest BCUT2D eigenvalue weighted by molar-refractivity contribution is 8.77. The number of alkyl halides is 6. The first kappa shape index (κ1) is 79.6. The Morgan fingerprint density at radius 2 is 0.712 bits per heavy atom. The van der Waals surface area contributed by atoms with Crippen LogP contribution in [0.2, 0.25) is 0 Å². The molecule has 0 unspecified atom stereocenters. The first-order valence-corrected chi connectivity index (χ1v) is 38.0. The fourth-order valence-electron chi connectivity index (χ4n) is 11.2. The Kier molecular flexibility index (Phi) is 25.3. The molecule has 10 N–H and O–H groups in total. The molecular weight excluding hydrogens is 1530 g/mol. The molecule has 111 heavy (non-hydrogen) atoms. The maximum absolute atomic E-state index is 14.5. The van der Waals surface area contributed by atoms with Crippen molar-refractivity contribution in [3.63, 3.8) is 0 Å². The van der Waals surface area contributed by atoms with Gasteiger partial charge >= 0.3 is 35.2 Å². The van der Waals surface area contributed by atoms with Gasteiger partial charge in [-0.3, -0.25) is 28.8 Å². The van der Waals surface area contributed by atoms with E-state index in [1.807, 2.05) is 0 Å². The summed E-state index contributed by atoms with van der Waals surface area (Å²) in [5, 5.41) is 39.2. The predicted molar refractivity (Wildman–Crippen MR) is 421 cm³/mol. The molecular formula is C79H59F6N5O17S4. The summed E-state index contributed by atoms with van der Waals surface area (Å²) < 4.78 is 111. The van der Waals surface area contributed by atoms with Crippen molar-refractivity contribution in [1.29, 1.82) is 0 Å². The second kappa shape index (κ2) is 35.3. The number of rotatable bonds is 19. The summed E-state index contributed by atoms with van der Waals surface area (Å²) in [6.07, 6.45) is -8.74. The molecule has 0 atom stereocenters. The number of carbonyl (C=O) groups excluding carboxylic acids is 3. The van der Waals surface area contributed by atoms with Crippen LogP contribution >= 0.6 is 43.2 Å². The van der Waals surface area contributed by atoms with E-state index in [1.54, 1.807) is 72.8 Å². The highest BCUT2D eigenvalue weighted by atomic mass is 33.1. The molecule has 0 bridgehead atoms. The number of phenolic OH excluding ortho intramolecular Hbond substituents is 2. The number of phenols is 2. The third-order valence-electron chi connectivity index (χ3n) is 16.1. The lowest BCUT2D eigenvalue weighted by molar-refractivity contribution is -0.137. The molecule has 22 nitrogen and oxygen atoms in total. The minimum atomic E-state index is -4.80. The fraction of sp³-hybridized carbons (Fsp3) is 0.127. The highest BCUT2D eigenvalue weighted by Gasteiger charge is 2.37. The van der Waals surface area contributed by atoms with Crippen LogP contribution in [0.25, 0.3) is 99.7 Å². The van der Waals surface area contributed by atoms with Crippen molar-refractivity contribution < 1.29 is 82.9 Å². The number of nitrogens with two attached hydrogens (primary N) is 2. The van der Waals surface area contributed by atoms with Crippen LogP contribution < -0.4 is 55.2 Å². The lowest BCUT2D eigenvalue weighted by Gasteiger charge is -2.20. The molecule has 2 aliphatic carbocycles. The zero-order chi connectivity index (χ0) is 79.3. The van der Waals surface area contributed by atoms with Crippen molar-refractivity contribution in [1.82, 2.24) is 0 Å². The molecule has 0 saturated heterocycles. The first-order valence-electron chi connectivity index (χ1n) is 33.0. The molecule has 0 saturated carbocycles. The summed E-state index contributed by atoms with van der Waals surface area (Å²) in [5.41, 5.74) is 11.5. The van der Waals surface area contributed by atoms with Crippen molar-refractivity contribution in [3.05, 3.63) is 263 Å². The number of aromatic hydroxyl groups is 2. The van der Waals surface area contributed by atoms with Gasteiger partial charge in [-0.05, 0) is 157 Å². The van der Waals surface area contributed by atoms with E-state index in [0.29, 0.717) is 85.0 Å². The van der Waals surface area contributed by atoms with Gasteiger partial charge in [0.1, 0.15) is 50.9 Å². The number of carbonyl (C=O) groups is 4. The molecule has 7 aromatic carbocycles. The third-order valence-corrected chi connectivity index (χ3v) is 20.9. The maximum atomic E-state index is 14.5. The zero-order valence-electron chi connectivity index (χ0n) is 57.3. The number of amides is 3. The number of anilines is 5. The van der Waals surface area contributed by atoms with E-state index in [-0.39, 0.29) is 116 Å². The number of hydrogen-bond acceptors (Lipinski definition) is 22. The molecule has 3 aromatic heterocycles. The highest BCUT2D eigenvalue weighted by Crippen LogP contribution is 2.48. The molecule has 5 heterocycles. The van der Waals surface area contributed by atoms with Gasteiger partial charge in [0.05, 0.1) is 17.5 Å². The van der Waals surface area contributed by atoms with Gasteiger partial charge in [-0.15, -0.1) is 0 Å². The Balaban J connectivity index is 0.000000165. The van der Waals surface area contributed by atoms with Crippen molar-refractivity contribution >= 4 is 150 Å². The normalized spacial score (nSPS) is 11.4. The Bertz CT molecular complexity index is 6110. The van der Waals surface area contributed by atoms with Gasteiger partial charge in [0.15, 0.2) is 10.9 Å². The van der Waals surface area contributed by atoms with Crippen molar-refractivity contribution in [3.8, 4) is 56.4 Å². The van der Waals surface area contributed by atoms with Crippen molar-refractivity contribution in [2.45, 2.75) is 38.0 Å². The Morgan fingerprint density at radius 3 is 1.14 bits per heavy atom. The largest absolute Gasteiger partial charge is 0.508 e. The van der Waals surface area contributed by atoms with E-state index in [0.717, 1.165) is 22.9 Å². The van der Waals surface area contributed by atoms with Gasteiger partial charge in [0, 0.05) is 162 Å². The average molecular weight is 1590 g/mol. The van der Waals surface area contributed by atoms with Crippen LogP contribution in [-0.2, 0) is 31.5 Å². The minimum Gasteiger partial charge on any atom is -0.508 e. The smallest absolute Gasteiger partial charge is 0.417 e. The van der Waals surface area contributed by atoms with Crippen LogP contribution in [0.4, 0.5) is 54.8 Å². The molecule has 2 aliphatic heterocycles. The number of nitrogens with one attached hydrogen (secondary N) is 3. The summed E-state index contributed by atoms with van der Waals surface area (Å²) in [6, 6.07) is 47.0. The molecule has 14 rings (SSSR count). The maximum Gasteiger partial charge on any atom is 0.417 e. The van der Waals surface area contributed by atoms with E-state index in [2.05, 4.69) is 16.0 Å². The number of nitrogen functional groups attached to an aromatic ring is 2. The third kappa shape index (κ3) is 21.1. The lowest BCUT2D eigenvalue weighted by atomic mass is 9.90. The minimum absolute atomic E-state index is 0.0141. The number of benzene rings is 9. The van der Waals surface area contributed by atoms with Crippen LogP contribution in [0.3, 0.4) is 0 Å². The monoisotopic (exact) mass is 1590 g/mol. The number of aliphatic carboxylic acids is 1. The lowest BCUT2D eigenvalue weighted by Crippen LogP contribution is -2.14. The number of carboxylic acid groups (broad SMARTS) is 1. The molecule has 568 valence electrons. The number of hydrogen-bond donors (Lipinski definition) is 8. The molecule has 0 radical (unpaired) electrons. The number of fused-ring (bicyclic) bond motifs is 7. The van der Waals surface area contributed by atoms with E-state index >= 15 is 0 Å². The quantitative estimate of drug-likeness (QED) is 0.00931. The molecule has 3 amide bonds. The SMILES string of the molecule is Nc1ccc(-c2c3ccc(=O)cc-3oc3cc(O)ccc23)c(C(F)(F)F)c1.Nc1ccc2oc(=O)ccc2c1.O=C(CCSSCCC(=O)Nc1ccc2oc(=O)ccc2c1)Nc1ccc(-c2c3ccc(=O)cc-3oc3cc(O)ccc23)c(C(F)(F)F)c1.O=C(O)CCSSCCC(=O)Nc1ccc2oc(=O)ccc2c1. The van der Waals surface area contributed by atoms with E-state index in [4.69, 9.17) is 38.7 Å². The van der Waals surface area contributed by atoms with Gasteiger partial charge in [-0.1, -0.05) is 55.3 Å². The summed E-state index contributed by atoms with van der Waals surface area (Å²) in [6.45, 7) is 0. The zero-order valence-corrected chi connectivity index (χ0v) is 60.6. The van der Waals surface area contributed by atoms with Crippen LogP contribution in [0.5, 0.6) is 11.5 Å². The summed E-state index contributed by atoms with van der Waals surface area (Å²) in [5.74, 6) is 0.241. The molecule has 10 aromatic rings. The fourth-order valence-corrected chi connectivity index (χ4v) is 15.2. The molecule has 0 fully saturated rings. The Labute approximate surface area is 637 Å². The van der Waals surface area contributed by atoms with Crippen LogP contribution in [0.1, 0.15) is 36.8 Å². The van der Waals surface area contributed by atoms with E-state index < -0.39 is 52.0 Å². The topological polar surface area (TPSA) is 368 Å². The van der Waals surface area contributed by atoms with Crippen LogP contribution in [0, 0.1) is 0 Å². The van der Waals surface area contributed by atoms with Gasteiger partial charge in [-0.25, -0.2) is 14.4 Å². The summed E-state index contributed by atoms with van der Waals surface area (Å²) >= 11 is 0. The summed E-state index contributed by atoms with van der Waals surface area (Å²) in [4.78, 5) is 104. The van der Waals surface area contributed by atoms with E-state index in [1.165, 1.54) is 158 Å². The van der Waals surface area contributed by atoms with Crippen molar-refractivity contribution in [2.75, 3.05) is 50.4 Å². The van der Waals surface area contributed by atoms with Gasteiger partial charge in [0.25, 0.3) is 0 Å². The standard InChI is InChI=1S/C35H25F3N2O7S2.C20H12F3NO3.C15H15NO5S2.C9H7NO2/c36-35(37,38)27-16-21(2-6-24(27)34-25-7-4-22(41)17-29(25)46-30-18-23(42)5-8-26(30)34)40-32(44)12-14-49-48-13-11-31(43)39-20-3-9-28-19(15-20)1-10-33(45)47-28;21-20(22,23)16-7-10(24)1-4-13(16)19-14-5-2-11(25)8-17(14)27-18-9-12(26)3-6-15(18)19;17-13(5-7-22-23-8-6-14(18)19)16-11-2-3-12-10(9-11)1-4-15(20)21-12;10-7-2-3-8-6(5-7)1-4-9(11)12-8/h1-10,15-18,41H,11-14H2,(H,39,43)(H,40,44);1-9,25H,24H2;1-4,9H,5-8H2,(H,16,17)(H,18,19);1-5H,10H2. The molecule has 0 spiro atoms. The van der Waals surface area contributed by atoms with Gasteiger partial charge in [-0.2, -0.15) is 26.3 Å². The van der Waals surface area contributed by atoms with Crippen molar-refractivity contribution in [2.24, 2.45) is 0 Å².